The minimum Gasteiger partial charge on any atom is -0.497 e. The quantitative estimate of drug-likeness (QED) is 0.578. The van der Waals surface area contributed by atoms with Gasteiger partial charge in [-0.1, -0.05) is 31.0 Å². The molecule has 0 saturated heterocycles. The van der Waals surface area contributed by atoms with Gasteiger partial charge in [-0.3, -0.25) is 4.79 Å². The molecule has 0 aliphatic heterocycles. The van der Waals surface area contributed by atoms with Gasteiger partial charge in [-0.05, 0) is 44.0 Å². The summed E-state index contributed by atoms with van der Waals surface area (Å²) in [6, 6.07) is 8.09. The zero-order valence-corrected chi connectivity index (χ0v) is 18.2. The number of nitrogens with zero attached hydrogens (tertiary/aromatic N) is 3. The SMILES string of the molecule is COc1ccc(-c2nnc(SCC(=O)NC3CCCCC3)c3nc(C)sc23)cc1. The minimum absolute atomic E-state index is 0.0584. The number of ether oxygens (including phenoxy) is 1. The fourth-order valence-electron chi connectivity index (χ4n) is 3.61. The van der Waals surface area contributed by atoms with Crippen molar-refractivity contribution in [3.8, 4) is 17.0 Å². The molecule has 152 valence electrons. The zero-order chi connectivity index (χ0) is 20.2. The number of hydrogen-bond acceptors (Lipinski definition) is 7. The van der Waals surface area contributed by atoms with Crippen LogP contribution in [0.5, 0.6) is 5.75 Å². The van der Waals surface area contributed by atoms with Gasteiger partial charge in [0.25, 0.3) is 0 Å². The van der Waals surface area contributed by atoms with Gasteiger partial charge in [-0.2, -0.15) is 0 Å². The molecular formula is C21H24N4O2S2. The van der Waals surface area contributed by atoms with E-state index in [4.69, 9.17) is 4.74 Å². The third-order valence-electron chi connectivity index (χ3n) is 5.07. The number of thiazole rings is 1. The highest BCUT2D eigenvalue weighted by molar-refractivity contribution is 8.00. The van der Waals surface area contributed by atoms with Crippen molar-refractivity contribution in [2.75, 3.05) is 12.9 Å². The lowest BCUT2D eigenvalue weighted by atomic mass is 9.95. The molecule has 1 aliphatic rings. The normalized spacial score (nSPS) is 14.8. The monoisotopic (exact) mass is 428 g/mol. The van der Waals surface area contributed by atoms with Gasteiger partial charge >= 0.3 is 0 Å². The van der Waals surface area contributed by atoms with Crippen molar-refractivity contribution < 1.29 is 9.53 Å². The molecule has 1 aliphatic carbocycles. The van der Waals surface area contributed by atoms with Crippen molar-refractivity contribution in [2.45, 2.75) is 50.1 Å². The van der Waals surface area contributed by atoms with E-state index >= 15 is 0 Å². The summed E-state index contributed by atoms with van der Waals surface area (Å²) < 4.78 is 6.24. The Bertz CT molecular complexity index is 998. The largest absolute Gasteiger partial charge is 0.497 e. The van der Waals surface area contributed by atoms with E-state index in [1.54, 1.807) is 18.4 Å². The molecule has 8 heteroatoms. The lowest BCUT2D eigenvalue weighted by molar-refractivity contribution is -0.119. The van der Waals surface area contributed by atoms with Gasteiger partial charge in [0.05, 0.1) is 22.6 Å². The highest BCUT2D eigenvalue weighted by Gasteiger charge is 2.19. The molecule has 2 heterocycles. The smallest absolute Gasteiger partial charge is 0.230 e. The predicted molar refractivity (Wildman–Crippen MR) is 118 cm³/mol. The number of benzene rings is 1. The first-order valence-electron chi connectivity index (χ1n) is 9.84. The van der Waals surface area contributed by atoms with Crippen molar-refractivity contribution in [3.63, 3.8) is 0 Å². The van der Waals surface area contributed by atoms with Crippen molar-refractivity contribution >= 4 is 39.2 Å². The fourth-order valence-corrected chi connectivity index (χ4v) is 5.33. The van der Waals surface area contributed by atoms with Crippen molar-refractivity contribution in [1.82, 2.24) is 20.5 Å². The second-order valence-corrected chi connectivity index (χ2v) is 9.35. The molecule has 4 rings (SSSR count). The predicted octanol–water partition coefficient (Wildman–Crippen LogP) is 4.61. The molecule has 1 N–H and O–H groups in total. The van der Waals surface area contributed by atoms with Crippen LogP contribution in [0.1, 0.15) is 37.1 Å². The minimum atomic E-state index is 0.0584. The molecular weight excluding hydrogens is 404 g/mol. The van der Waals surface area contributed by atoms with Crippen molar-refractivity contribution in [1.29, 1.82) is 0 Å². The molecule has 1 fully saturated rings. The molecule has 0 radical (unpaired) electrons. The zero-order valence-electron chi connectivity index (χ0n) is 16.6. The van der Waals surface area contributed by atoms with E-state index in [1.165, 1.54) is 31.0 Å². The summed E-state index contributed by atoms with van der Waals surface area (Å²) >= 11 is 3.01. The van der Waals surface area contributed by atoms with Crippen molar-refractivity contribution in [3.05, 3.63) is 29.3 Å². The topological polar surface area (TPSA) is 77.0 Å². The maximum Gasteiger partial charge on any atom is 0.230 e. The van der Waals surface area contributed by atoms with Gasteiger partial charge < -0.3 is 10.1 Å². The number of aromatic nitrogens is 3. The van der Waals surface area contributed by atoms with Crippen LogP contribution in [-0.2, 0) is 4.79 Å². The van der Waals surface area contributed by atoms with Crippen LogP contribution in [0.3, 0.4) is 0 Å². The number of nitrogens with one attached hydrogen (secondary N) is 1. The Kier molecular flexibility index (Phi) is 6.30. The Hall–Kier alpha value is -2.19. The lowest BCUT2D eigenvalue weighted by Gasteiger charge is -2.22. The Balaban J connectivity index is 1.52. The average Bonchev–Trinajstić information content (AvgIpc) is 3.14. The Morgan fingerprint density at radius 1 is 1.21 bits per heavy atom. The van der Waals surface area contributed by atoms with E-state index in [-0.39, 0.29) is 5.91 Å². The average molecular weight is 429 g/mol. The number of amides is 1. The lowest BCUT2D eigenvalue weighted by Crippen LogP contribution is -2.37. The number of carbonyl (C=O) groups excluding carboxylic acids is 1. The Morgan fingerprint density at radius 3 is 2.69 bits per heavy atom. The van der Waals surface area contributed by atoms with E-state index in [1.807, 2.05) is 31.2 Å². The second kappa shape index (κ2) is 9.09. The van der Waals surface area contributed by atoms with Crippen LogP contribution in [-0.4, -0.2) is 40.0 Å². The summed E-state index contributed by atoms with van der Waals surface area (Å²) in [5.41, 5.74) is 2.60. The molecule has 3 aromatic rings. The van der Waals surface area contributed by atoms with Gasteiger partial charge in [-0.25, -0.2) is 4.98 Å². The molecule has 2 aromatic heterocycles. The maximum atomic E-state index is 12.4. The summed E-state index contributed by atoms with van der Waals surface area (Å²) in [5.74, 6) is 1.19. The van der Waals surface area contributed by atoms with Gasteiger partial charge in [0, 0.05) is 11.6 Å². The first-order valence-corrected chi connectivity index (χ1v) is 11.6. The summed E-state index contributed by atoms with van der Waals surface area (Å²) in [4.78, 5) is 17.0. The number of methoxy groups -OCH3 is 1. The van der Waals surface area contributed by atoms with Crippen LogP contribution in [0.25, 0.3) is 21.5 Å². The number of carbonyl (C=O) groups is 1. The van der Waals surface area contributed by atoms with Crippen LogP contribution in [0.2, 0.25) is 0 Å². The molecule has 1 aromatic carbocycles. The third kappa shape index (κ3) is 4.70. The summed E-state index contributed by atoms with van der Waals surface area (Å²) in [6.07, 6.45) is 5.85. The number of thioether (sulfide) groups is 1. The van der Waals surface area contributed by atoms with Crippen LogP contribution in [0, 0.1) is 6.92 Å². The second-order valence-electron chi connectivity index (χ2n) is 7.18. The number of aryl methyl sites for hydroxylation is 1. The standard InChI is InChI=1S/C21H24N4O2S2/c1-13-22-19-20(29-13)18(14-8-10-16(27-2)11-9-14)24-25-21(19)28-12-17(26)23-15-6-4-3-5-7-15/h8-11,15H,3-7,12H2,1-2H3,(H,23,26). The van der Waals surface area contributed by atoms with E-state index < -0.39 is 0 Å². The molecule has 6 nitrogen and oxygen atoms in total. The Labute approximate surface area is 178 Å². The number of rotatable bonds is 6. The molecule has 1 amide bonds. The van der Waals surface area contributed by atoms with Crippen molar-refractivity contribution in [2.24, 2.45) is 0 Å². The third-order valence-corrected chi connectivity index (χ3v) is 7.00. The van der Waals surface area contributed by atoms with E-state index in [9.17, 15) is 4.79 Å². The van der Waals surface area contributed by atoms with Crippen LogP contribution >= 0.6 is 23.1 Å². The maximum absolute atomic E-state index is 12.4. The molecule has 29 heavy (non-hydrogen) atoms. The summed E-state index contributed by atoms with van der Waals surface area (Å²) in [5, 5.41) is 13.7. The fraction of sp³-hybridized carbons (Fsp3) is 0.429. The highest BCUT2D eigenvalue weighted by atomic mass is 32.2. The molecule has 1 saturated carbocycles. The van der Waals surface area contributed by atoms with Gasteiger partial charge in [0.15, 0.2) is 0 Å². The van der Waals surface area contributed by atoms with E-state index in [2.05, 4.69) is 20.5 Å². The molecule has 0 spiro atoms. The van der Waals surface area contributed by atoms with Gasteiger partial charge in [-0.15, -0.1) is 21.5 Å². The number of hydrogen-bond donors (Lipinski definition) is 1. The first kappa shape index (κ1) is 20.1. The van der Waals surface area contributed by atoms with Crippen LogP contribution in [0.15, 0.2) is 29.3 Å². The van der Waals surface area contributed by atoms with Crippen LogP contribution in [0.4, 0.5) is 0 Å². The first-order chi connectivity index (χ1) is 14.1. The summed E-state index contributed by atoms with van der Waals surface area (Å²) in [7, 11) is 1.65. The summed E-state index contributed by atoms with van der Waals surface area (Å²) in [6.45, 7) is 1.98. The van der Waals surface area contributed by atoms with E-state index in [0.29, 0.717) is 16.8 Å². The van der Waals surface area contributed by atoms with Crippen LogP contribution < -0.4 is 10.1 Å². The number of fused-ring (bicyclic) bond motifs is 1. The molecule has 0 atom stereocenters. The van der Waals surface area contributed by atoms with Gasteiger partial charge in [0.1, 0.15) is 22.0 Å². The molecule has 0 unspecified atom stereocenters. The molecule has 0 bridgehead atoms. The highest BCUT2D eigenvalue weighted by Crippen LogP contribution is 2.35. The Morgan fingerprint density at radius 2 is 1.97 bits per heavy atom. The van der Waals surface area contributed by atoms with E-state index in [0.717, 1.165) is 45.1 Å². The van der Waals surface area contributed by atoms with Gasteiger partial charge in [0.2, 0.25) is 5.91 Å².